The molecule has 0 saturated carbocycles. The largest absolute Gasteiger partial charge is 0.494 e. The molecule has 0 amide bonds. The van der Waals surface area contributed by atoms with Crippen LogP contribution in [0.1, 0.15) is 105 Å². The lowest BCUT2D eigenvalue weighted by atomic mass is 10.0. The number of benzene rings is 1. The van der Waals surface area contributed by atoms with Crippen molar-refractivity contribution in [2.24, 2.45) is 0 Å². The lowest BCUT2D eigenvalue weighted by molar-refractivity contribution is 0.0942. The number of aromatic nitrogens is 2. The van der Waals surface area contributed by atoms with Crippen molar-refractivity contribution in [2.75, 3.05) is 6.61 Å². The van der Waals surface area contributed by atoms with Crippen LogP contribution in [0.15, 0.2) is 24.3 Å². The second-order valence-corrected chi connectivity index (χ2v) is 8.32. The van der Waals surface area contributed by atoms with Gasteiger partial charge in [0.2, 0.25) is 0 Å². The Morgan fingerprint density at radius 2 is 1.47 bits per heavy atom. The van der Waals surface area contributed by atoms with Crippen LogP contribution in [0.25, 0.3) is 0 Å². The molecule has 0 radical (unpaired) electrons. The lowest BCUT2D eigenvalue weighted by Gasteiger charge is -2.08. The topological polar surface area (TPSA) is 44.1 Å². The number of unbranched alkanes of at least 4 members (excludes halogenated alkanes) is 8. The van der Waals surface area contributed by atoms with Crippen molar-refractivity contribution >= 4 is 5.91 Å². The number of carbonyl (C=O) groups excluding carboxylic acids is 1. The summed E-state index contributed by atoms with van der Waals surface area (Å²) in [7, 11) is 0. The van der Waals surface area contributed by atoms with E-state index in [1.807, 2.05) is 38.1 Å². The zero-order valence-corrected chi connectivity index (χ0v) is 19.5. The quantitative estimate of drug-likeness (QED) is 0.312. The van der Waals surface area contributed by atoms with Gasteiger partial charge < -0.3 is 4.74 Å². The minimum absolute atomic E-state index is 0.0701. The fourth-order valence-corrected chi connectivity index (χ4v) is 3.85. The van der Waals surface area contributed by atoms with Gasteiger partial charge >= 0.3 is 0 Å². The summed E-state index contributed by atoms with van der Waals surface area (Å²) in [6, 6.07) is 7.45. The molecule has 1 heterocycles. The zero-order valence-electron chi connectivity index (χ0n) is 19.5. The monoisotopic (exact) mass is 412 g/mol. The predicted molar refractivity (Wildman–Crippen MR) is 125 cm³/mol. The molecule has 0 spiro atoms. The second-order valence-electron chi connectivity index (χ2n) is 8.32. The maximum Gasteiger partial charge on any atom is 0.278 e. The number of hydrogen-bond donors (Lipinski definition) is 0. The van der Waals surface area contributed by atoms with Crippen LogP contribution in [-0.4, -0.2) is 22.3 Å². The van der Waals surface area contributed by atoms with Gasteiger partial charge in [-0.1, -0.05) is 65.2 Å². The third kappa shape index (κ3) is 7.30. The standard InChI is InChI=1S/C26H40N2O2/c1-5-7-9-11-12-13-15-25-21(3)27-28(22(25)4)26(29)23-16-18-24(19-17-23)30-20-14-10-8-6-2/h16-19H,5-15,20H2,1-4H3. The Morgan fingerprint density at radius 1 is 0.867 bits per heavy atom. The van der Waals surface area contributed by atoms with Gasteiger partial charge in [0.05, 0.1) is 12.3 Å². The van der Waals surface area contributed by atoms with Crippen molar-refractivity contribution in [3.8, 4) is 5.75 Å². The molecule has 0 unspecified atom stereocenters. The lowest BCUT2D eigenvalue weighted by Crippen LogP contribution is -2.15. The Morgan fingerprint density at radius 3 is 2.13 bits per heavy atom. The average molecular weight is 413 g/mol. The fourth-order valence-electron chi connectivity index (χ4n) is 3.85. The van der Waals surface area contributed by atoms with Gasteiger partial charge in [0.15, 0.2) is 0 Å². The third-order valence-electron chi connectivity index (χ3n) is 5.78. The molecule has 166 valence electrons. The van der Waals surface area contributed by atoms with E-state index in [4.69, 9.17) is 4.74 Å². The molecule has 0 atom stereocenters. The summed E-state index contributed by atoms with van der Waals surface area (Å²) in [6.07, 6.45) is 13.4. The van der Waals surface area contributed by atoms with Crippen LogP contribution in [-0.2, 0) is 6.42 Å². The van der Waals surface area contributed by atoms with Gasteiger partial charge in [-0.2, -0.15) is 5.10 Å². The Labute approximate surface area is 183 Å². The van der Waals surface area contributed by atoms with Gasteiger partial charge in [-0.15, -0.1) is 0 Å². The molecule has 4 nitrogen and oxygen atoms in total. The van der Waals surface area contributed by atoms with Gasteiger partial charge in [0.1, 0.15) is 5.75 Å². The summed E-state index contributed by atoms with van der Waals surface area (Å²) in [5.41, 5.74) is 3.82. The highest BCUT2D eigenvalue weighted by Crippen LogP contribution is 2.20. The average Bonchev–Trinajstić information content (AvgIpc) is 3.04. The van der Waals surface area contributed by atoms with Crippen LogP contribution in [0.2, 0.25) is 0 Å². The van der Waals surface area contributed by atoms with Gasteiger partial charge in [0, 0.05) is 11.3 Å². The molecule has 30 heavy (non-hydrogen) atoms. The first-order chi connectivity index (χ1) is 14.6. The Balaban J connectivity index is 1.91. The molecule has 4 heteroatoms. The van der Waals surface area contributed by atoms with Crippen LogP contribution in [0.4, 0.5) is 0 Å². The van der Waals surface area contributed by atoms with E-state index in [1.54, 1.807) is 4.68 Å². The fraction of sp³-hybridized carbons (Fsp3) is 0.615. The smallest absolute Gasteiger partial charge is 0.278 e. The van der Waals surface area contributed by atoms with Crippen LogP contribution >= 0.6 is 0 Å². The van der Waals surface area contributed by atoms with E-state index in [0.717, 1.165) is 43.0 Å². The number of ether oxygens (including phenoxy) is 1. The van der Waals surface area contributed by atoms with Crippen molar-refractivity contribution in [3.05, 3.63) is 46.8 Å². The molecule has 0 bridgehead atoms. The first kappa shape index (κ1) is 24.2. The zero-order chi connectivity index (χ0) is 21.8. The first-order valence-electron chi connectivity index (χ1n) is 11.9. The highest BCUT2D eigenvalue weighted by atomic mass is 16.5. The van der Waals surface area contributed by atoms with Crippen LogP contribution in [0, 0.1) is 13.8 Å². The van der Waals surface area contributed by atoms with E-state index in [2.05, 4.69) is 18.9 Å². The van der Waals surface area contributed by atoms with Crippen molar-refractivity contribution < 1.29 is 9.53 Å². The summed E-state index contributed by atoms with van der Waals surface area (Å²) < 4.78 is 7.36. The predicted octanol–water partition coefficient (Wildman–Crippen LogP) is 7.05. The number of hydrogen-bond acceptors (Lipinski definition) is 3. The molecule has 1 aromatic carbocycles. The molecule has 0 fully saturated rings. The molecule has 0 aliphatic rings. The van der Waals surface area contributed by atoms with Crippen molar-refractivity contribution in [1.29, 1.82) is 0 Å². The Hall–Kier alpha value is -2.10. The molecular formula is C26H40N2O2. The van der Waals surface area contributed by atoms with Gasteiger partial charge in [-0.25, -0.2) is 4.68 Å². The highest BCUT2D eigenvalue weighted by Gasteiger charge is 2.17. The Bertz CT molecular complexity index is 762. The summed E-state index contributed by atoms with van der Waals surface area (Å²) in [5.74, 6) is 0.750. The maximum absolute atomic E-state index is 13.0. The van der Waals surface area contributed by atoms with Gasteiger partial charge in [-0.3, -0.25) is 4.79 Å². The minimum Gasteiger partial charge on any atom is -0.494 e. The summed E-state index contributed by atoms with van der Waals surface area (Å²) >= 11 is 0. The Kier molecular flexibility index (Phi) is 10.7. The summed E-state index contributed by atoms with van der Waals surface area (Å²) in [4.78, 5) is 13.0. The van der Waals surface area contributed by atoms with E-state index in [0.29, 0.717) is 5.56 Å². The second kappa shape index (κ2) is 13.3. The van der Waals surface area contributed by atoms with E-state index >= 15 is 0 Å². The number of nitrogens with zero attached hydrogens (tertiary/aromatic N) is 2. The van der Waals surface area contributed by atoms with Crippen molar-refractivity contribution in [1.82, 2.24) is 9.78 Å². The van der Waals surface area contributed by atoms with E-state index in [-0.39, 0.29) is 5.91 Å². The van der Waals surface area contributed by atoms with Crippen molar-refractivity contribution in [3.63, 3.8) is 0 Å². The van der Waals surface area contributed by atoms with Gasteiger partial charge in [-0.05, 0) is 62.9 Å². The molecular weight excluding hydrogens is 372 g/mol. The highest BCUT2D eigenvalue weighted by molar-refractivity contribution is 5.96. The third-order valence-corrected chi connectivity index (χ3v) is 5.78. The minimum atomic E-state index is -0.0701. The first-order valence-corrected chi connectivity index (χ1v) is 11.9. The molecule has 2 aromatic rings. The summed E-state index contributed by atoms with van der Waals surface area (Å²) in [6.45, 7) is 9.20. The number of aryl methyl sites for hydroxylation is 1. The molecule has 0 saturated heterocycles. The SMILES string of the molecule is CCCCCCCCc1c(C)nn(C(=O)c2ccc(OCCCCCC)cc2)c1C. The maximum atomic E-state index is 13.0. The number of carbonyl (C=O) groups is 1. The van der Waals surface area contributed by atoms with Gasteiger partial charge in [0.25, 0.3) is 5.91 Å². The van der Waals surface area contributed by atoms with E-state index in [9.17, 15) is 4.79 Å². The van der Waals surface area contributed by atoms with Crippen LogP contribution < -0.4 is 4.74 Å². The molecule has 0 aliphatic heterocycles. The molecule has 0 N–H and O–H groups in total. The van der Waals surface area contributed by atoms with E-state index in [1.165, 1.54) is 56.9 Å². The van der Waals surface area contributed by atoms with Crippen LogP contribution in [0.5, 0.6) is 5.75 Å². The van der Waals surface area contributed by atoms with E-state index < -0.39 is 0 Å². The van der Waals surface area contributed by atoms with Crippen molar-refractivity contribution in [2.45, 2.75) is 98.3 Å². The molecule has 0 aliphatic carbocycles. The summed E-state index contributed by atoms with van der Waals surface area (Å²) in [5, 5.41) is 4.55. The number of rotatable bonds is 14. The normalized spacial score (nSPS) is 11.1. The molecule has 2 rings (SSSR count). The molecule has 1 aromatic heterocycles. The van der Waals surface area contributed by atoms with Crippen LogP contribution in [0.3, 0.4) is 0 Å².